The molecule has 3 aromatic carbocycles. The van der Waals surface area contributed by atoms with Crippen LogP contribution in [0.15, 0.2) is 79.4 Å². The number of hydrazine groups is 1. The summed E-state index contributed by atoms with van der Waals surface area (Å²) in [4.78, 5) is 26.5. The first-order chi connectivity index (χ1) is 16.6. The maximum absolute atomic E-state index is 13.4. The normalized spacial score (nSPS) is 16.2. The first-order valence-electron chi connectivity index (χ1n) is 10.9. The van der Waals surface area contributed by atoms with Gasteiger partial charge in [-0.15, -0.1) is 0 Å². The summed E-state index contributed by atoms with van der Waals surface area (Å²) in [5.41, 5.74) is 5.04. The van der Waals surface area contributed by atoms with Crippen LogP contribution in [0, 0.1) is 0 Å². The fourth-order valence-electron chi connectivity index (χ4n) is 3.86. The van der Waals surface area contributed by atoms with Gasteiger partial charge in [0.25, 0.3) is 11.8 Å². The molecule has 34 heavy (non-hydrogen) atoms. The molecule has 1 unspecified atom stereocenters. The summed E-state index contributed by atoms with van der Waals surface area (Å²) in [5, 5.41) is 4.66. The van der Waals surface area contributed by atoms with Gasteiger partial charge in [0.2, 0.25) is 0 Å². The van der Waals surface area contributed by atoms with Crippen LogP contribution >= 0.6 is 0 Å². The number of ether oxygens (including phenoxy) is 3. The zero-order valence-electron chi connectivity index (χ0n) is 18.3. The Morgan fingerprint density at radius 2 is 1.85 bits per heavy atom. The molecule has 8 heteroatoms. The zero-order chi connectivity index (χ0) is 23.5. The molecule has 0 saturated carbocycles. The van der Waals surface area contributed by atoms with E-state index in [1.165, 1.54) is 5.01 Å². The molecular formula is C26H23N3O5. The van der Waals surface area contributed by atoms with Crippen LogP contribution in [-0.4, -0.2) is 36.6 Å². The Morgan fingerprint density at radius 1 is 1.09 bits per heavy atom. The number of nitrogens with zero attached hydrogens (tertiary/aromatic N) is 1. The van der Waals surface area contributed by atoms with Gasteiger partial charge in [-0.3, -0.25) is 15.0 Å². The van der Waals surface area contributed by atoms with Crippen LogP contribution in [0.25, 0.3) is 0 Å². The fraction of sp³-hybridized carbons (Fsp3) is 0.154. The molecule has 2 heterocycles. The van der Waals surface area contributed by atoms with Crippen LogP contribution in [0.5, 0.6) is 17.2 Å². The van der Waals surface area contributed by atoms with Crippen molar-refractivity contribution in [2.24, 2.45) is 0 Å². The molecule has 3 aromatic rings. The molecule has 0 fully saturated rings. The maximum Gasteiger partial charge on any atom is 0.276 e. The number of hydrogen-bond donors (Lipinski definition) is 2. The van der Waals surface area contributed by atoms with Gasteiger partial charge in [-0.05, 0) is 48.5 Å². The molecule has 0 aromatic heterocycles. The Bertz CT molecular complexity index is 1240. The predicted octanol–water partition coefficient (Wildman–Crippen LogP) is 3.93. The third-order valence-corrected chi connectivity index (χ3v) is 5.52. The van der Waals surface area contributed by atoms with E-state index in [1.54, 1.807) is 48.5 Å². The molecule has 172 valence electrons. The lowest BCUT2D eigenvalue weighted by molar-refractivity contribution is 0.0490. The topological polar surface area (TPSA) is 89.1 Å². The predicted molar refractivity (Wildman–Crippen MR) is 126 cm³/mol. The number of anilines is 1. The van der Waals surface area contributed by atoms with Gasteiger partial charge in [-0.2, -0.15) is 0 Å². The van der Waals surface area contributed by atoms with E-state index in [4.69, 9.17) is 14.2 Å². The summed E-state index contributed by atoms with van der Waals surface area (Å²) in [6, 6.07) is 19.3. The number of carbonyl (C=O) groups is 2. The maximum atomic E-state index is 13.4. The summed E-state index contributed by atoms with van der Waals surface area (Å²) in [6.45, 7) is 4.92. The van der Waals surface area contributed by atoms with Crippen LogP contribution in [0.2, 0.25) is 0 Å². The van der Waals surface area contributed by atoms with Crippen molar-refractivity contribution in [1.29, 1.82) is 0 Å². The van der Waals surface area contributed by atoms with Gasteiger partial charge < -0.3 is 19.5 Å². The number of para-hydroxylation sites is 1. The summed E-state index contributed by atoms with van der Waals surface area (Å²) >= 11 is 0. The number of amides is 2. The van der Waals surface area contributed by atoms with E-state index >= 15 is 0 Å². The van der Waals surface area contributed by atoms with Crippen molar-refractivity contribution < 1.29 is 23.8 Å². The molecule has 2 amide bonds. The Hall–Kier alpha value is -4.46. The van der Waals surface area contributed by atoms with E-state index in [9.17, 15) is 9.59 Å². The highest BCUT2D eigenvalue weighted by Gasteiger charge is 2.35. The van der Waals surface area contributed by atoms with Crippen molar-refractivity contribution in [2.75, 3.05) is 25.1 Å². The number of rotatable bonds is 6. The second-order valence-corrected chi connectivity index (χ2v) is 7.74. The monoisotopic (exact) mass is 457 g/mol. The molecule has 0 radical (unpaired) electrons. The van der Waals surface area contributed by atoms with Crippen molar-refractivity contribution in [1.82, 2.24) is 10.4 Å². The summed E-state index contributed by atoms with van der Waals surface area (Å²) in [6.07, 6.45) is 0.989. The first kappa shape index (κ1) is 21.4. The lowest BCUT2D eigenvalue weighted by Gasteiger charge is -2.38. The molecule has 0 aliphatic carbocycles. The number of benzene rings is 3. The zero-order valence-corrected chi connectivity index (χ0v) is 18.3. The highest BCUT2D eigenvalue weighted by molar-refractivity contribution is 6.04. The quantitative estimate of drug-likeness (QED) is 0.545. The third-order valence-electron chi connectivity index (χ3n) is 5.52. The van der Waals surface area contributed by atoms with Crippen LogP contribution in [0.3, 0.4) is 0 Å². The van der Waals surface area contributed by atoms with Crippen molar-refractivity contribution in [3.63, 3.8) is 0 Å². The van der Waals surface area contributed by atoms with Gasteiger partial charge in [-0.25, -0.2) is 5.01 Å². The van der Waals surface area contributed by atoms with E-state index < -0.39 is 12.1 Å². The summed E-state index contributed by atoms with van der Waals surface area (Å²) in [7, 11) is 0. The molecule has 5 rings (SSSR count). The SMILES string of the molecule is C=CCOc1ccc(C(=O)NN2C(=O)c3ccccc3NC2c2ccc3c(c2)OCCO3)cc1. The average Bonchev–Trinajstić information content (AvgIpc) is 2.89. The Kier molecular flexibility index (Phi) is 5.78. The number of fused-ring (bicyclic) bond motifs is 2. The molecule has 0 bridgehead atoms. The average molecular weight is 457 g/mol. The van der Waals surface area contributed by atoms with E-state index in [0.29, 0.717) is 53.9 Å². The van der Waals surface area contributed by atoms with E-state index in [0.717, 1.165) is 5.56 Å². The standard InChI is InChI=1S/C26H23N3O5/c1-2-13-32-19-10-7-17(8-11-19)25(30)28-29-24(27-21-6-4-3-5-20(21)26(29)31)18-9-12-22-23(16-18)34-15-14-33-22/h2-12,16,24,27H,1,13-15H2,(H,28,30). The summed E-state index contributed by atoms with van der Waals surface area (Å²) in [5.74, 6) is 1.11. The van der Waals surface area contributed by atoms with Crippen LogP contribution in [0.1, 0.15) is 32.4 Å². The van der Waals surface area contributed by atoms with E-state index in [-0.39, 0.29) is 5.91 Å². The van der Waals surface area contributed by atoms with Crippen molar-refractivity contribution in [3.8, 4) is 17.2 Å². The summed E-state index contributed by atoms with van der Waals surface area (Å²) < 4.78 is 16.8. The Morgan fingerprint density at radius 3 is 2.65 bits per heavy atom. The molecule has 8 nitrogen and oxygen atoms in total. The molecule has 0 saturated heterocycles. The van der Waals surface area contributed by atoms with Gasteiger partial charge in [0.15, 0.2) is 11.5 Å². The molecule has 0 spiro atoms. The van der Waals surface area contributed by atoms with Gasteiger partial charge >= 0.3 is 0 Å². The first-order valence-corrected chi connectivity index (χ1v) is 10.9. The van der Waals surface area contributed by atoms with Crippen LogP contribution in [0.4, 0.5) is 5.69 Å². The van der Waals surface area contributed by atoms with Crippen LogP contribution < -0.4 is 25.0 Å². The highest BCUT2D eigenvalue weighted by Crippen LogP contribution is 2.37. The van der Waals surface area contributed by atoms with Crippen molar-refractivity contribution >= 4 is 17.5 Å². The van der Waals surface area contributed by atoms with E-state index in [1.807, 2.05) is 24.3 Å². The smallest absolute Gasteiger partial charge is 0.276 e. The molecule has 1 atom stereocenters. The minimum atomic E-state index is -0.655. The highest BCUT2D eigenvalue weighted by atomic mass is 16.6. The third kappa shape index (κ3) is 4.13. The van der Waals surface area contributed by atoms with Crippen LogP contribution in [-0.2, 0) is 0 Å². The van der Waals surface area contributed by atoms with Gasteiger partial charge in [0.05, 0.1) is 5.56 Å². The Balaban J connectivity index is 1.44. The molecular weight excluding hydrogens is 434 g/mol. The van der Waals surface area contributed by atoms with Crippen molar-refractivity contribution in [2.45, 2.75) is 6.17 Å². The number of hydrogen-bond acceptors (Lipinski definition) is 6. The second-order valence-electron chi connectivity index (χ2n) is 7.74. The van der Waals surface area contributed by atoms with Gasteiger partial charge in [0.1, 0.15) is 31.7 Å². The number of carbonyl (C=O) groups excluding carboxylic acids is 2. The second kappa shape index (κ2) is 9.19. The molecule has 2 aliphatic rings. The largest absolute Gasteiger partial charge is 0.490 e. The number of nitrogens with one attached hydrogen (secondary N) is 2. The lowest BCUT2D eigenvalue weighted by Crippen LogP contribution is -2.52. The van der Waals surface area contributed by atoms with E-state index in [2.05, 4.69) is 17.3 Å². The van der Waals surface area contributed by atoms with Crippen molar-refractivity contribution in [3.05, 3.63) is 96.1 Å². The van der Waals surface area contributed by atoms with Gasteiger partial charge in [-0.1, -0.05) is 30.9 Å². The molecule has 2 N–H and O–H groups in total. The minimum Gasteiger partial charge on any atom is -0.490 e. The Labute approximate surface area is 196 Å². The minimum absolute atomic E-state index is 0.325. The molecule has 2 aliphatic heterocycles. The van der Waals surface area contributed by atoms with Gasteiger partial charge in [0, 0.05) is 16.8 Å². The fourth-order valence-corrected chi connectivity index (χ4v) is 3.86. The lowest BCUT2D eigenvalue weighted by atomic mass is 10.0.